The Bertz CT molecular complexity index is 1250. The zero-order chi connectivity index (χ0) is 41.2. The molecule has 0 aliphatic heterocycles. The van der Waals surface area contributed by atoms with E-state index in [4.69, 9.17) is 24.3 Å². The molecule has 0 amide bonds. The predicted molar refractivity (Wildman–Crippen MR) is 230 cm³/mol. The van der Waals surface area contributed by atoms with Gasteiger partial charge in [0.15, 0.2) is 6.10 Å². The van der Waals surface area contributed by atoms with Crippen molar-refractivity contribution < 1.29 is 42.7 Å². The molecule has 0 saturated heterocycles. The molecule has 0 bridgehead atoms. The van der Waals surface area contributed by atoms with Crippen LogP contribution in [0.15, 0.2) is 97.2 Å². The van der Waals surface area contributed by atoms with Crippen LogP contribution in [0.25, 0.3) is 0 Å². The number of ether oxygens (including phenoxy) is 2. The molecule has 0 spiro atoms. The lowest BCUT2D eigenvalue weighted by molar-refractivity contribution is -0.161. The van der Waals surface area contributed by atoms with Crippen molar-refractivity contribution in [2.45, 2.75) is 148 Å². The first-order valence-corrected chi connectivity index (χ1v) is 22.3. The van der Waals surface area contributed by atoms with E-state index < -0.39 is 38.6 Å². The number of allylic oxidation sites excluding steroid dienone is 14. The van der Waals surface area contributed by atoms with Crippen molar-refractivity contribution in [3.05, 3.63) is 97.2 Å². The number of esters is 2. The Balaban J connectivity index is 4.41. The van der Waals surface area contributed by atoms with E-state index in [2.05, 4.69) is 56.4 Å². The summed E-state index contributed by atoms with van der Waals surface area (Å²) in [6.07, 6.45) is 47.6. The molecule has 11 heteroatoms. The van der Waals surface area contributed by atoms with Crippen molar-refractivity contribution in [1.82, 2.24) is 0 Å². The Hall–Kier alpha value is -3.11. The lowest BCUT2D eigenvalue weighted by atomic mass is 10.1. The molecule has 0 rings (SSSR count). The van der Waals surface area contributed by atoms with Gasteiger partial charge in [0.2, 0.25) is 0 Å². The molecule has 0 heterocycles. The second kappa shape index (κ2) is 40.1. The fourth-order valence-corrected chi connectivity index (χ4v) is 5.71. The first-order valence-electron chi connectivity index (χ1n) is 20.8. The van der Waals surface area contributed by atoms with Crippen LogP contribution in [0, 0.1) is 0 Å². The number of hydrogen-bond donors (Lipinski definition) is 3. The summed E-state index contributed by atoms with van der Waals surface area (Å²) in [4.78, 5) is 34.8. The minimum absolute atomic E-state index is 0.0283. The van der Waals surface area contributed by atoms with Gasteiger partial charge >= 0.3 is 19.8 Å². The van der Waals surface area contributed by atoms with E-state index in [0.29, 0.717) is 25.7 Å². The predicted octanol–water partition coefficient (Wildman–Crippen LogP) is 10.8. The van der Waals surface area contributed by atoms with Crippen LogP contribution >= 0.6 is 7.82 Å². The highest BCUT2D eigenvalue weighted by molar-refractivity contribution is 7.47. The molecular formula is C45H74NO9P. The van der Waals surface area contributed by atoms with Crippen molar-refractivity contribution >= 4 is 19.8 Å². The van der Waals surface area contributed by atoms with Gasteiger partial charge in [-0.15, -0.1) is 0 Å². The first-order chi connectivity index (χ1) is 27.2. The number of rotatable bonds is 37. The number of hydrogen-bond acceptors (Lipinski definition) is 9. The molecule has 0 aliphatic rings. The maximum Gasteiger partial charge on any atom is 0.472 e. The van der Waals surface area contributed by atoms with Crippen molar-refractivity contribution in [3.8, 4) is 0 Å². The number of aliphatic hydroxyl groups is 1. The quantitative estimate of drug-likeness (QED) is 0.0182. The largest absolute Gasteiger partial charge is 0.472 e. The van der Waals surface area contributed by atoms with Crippen LogP contribution in [-0.4, -0.2) is 60.5 Å². The Kier molecular flexibility index (Phi) is 37.9. The van der Waals surface area contributed by atoms with Crippen LogP contribution < -0.4 is 5.73 Å². The van der Waals surface area contributed by atoms with Crippen LogP contribution in [0.1, 0.15) is 136 Å². The van der Waals surface area contributed by atoms with Gasteiger partial charge in [-0.1, -0.05) is 143 Å². The van der Waals surface area contributed by atoms with Crippen molar-refractivity contribution in [2.24, 2.45) is 5.73 Å². The molecule has 0 aromatic heterocycles. The fourth-order valence-electron chi connectivity index (χ4n) is 4.95. The molecule has 0 aliphatic carbocycles. The SMILES string of the molecule is CC/C=C\C/C=C\CC(O)/C=C/C=C\C/C=C\C/C=C\CCC(=O)OC[C@H](COP(=O)(O)OCCN)OC(=O)CCCCCCC/C=C\C/C=C\CCCCC. The second-order valence-electron chi connectivity index (χ2n) is 13.3. The van der Waals surface area contributed by atoms with Crippen molar-refractivity contribution in [3.63, 3.8) is 0 Å². The Morgan fingerprint density at radius 3 is 1.91 bits per heavy atom. The average Bonchev–Trinajstić information content (AvgIpc) is 3.18. The maximum absolute atomic E-state index is 12.6. The first kappa shape index (κ1) is 52.9. The zero-order valence-corrected chi connectivity index (χ0v) is 35.3. The number of nitrogens with two attached hydrogens (primary N) is 1. The van der Waals surface area contributed by atoms with E-state index in [1.807, 2.05) is 48.6 Å². The third-order valence-corrected chi connectivity index (χ3v) is 9.03. The number of phosphoric ester groups is 1. The third kappa shape index (κ3) is 39.1. The third-order valence-electron chi connectivity index (χ3n) is 8.05. The molecule has 0 aromatic carbocycles. The summed E-state index contributed by atoms with van der Waals surface area (Å²) >= 11 is 0. The van der Waals surface area contributed by atoms with Crippen LogP contribution in [0.2, 0.25) is 0 Å². The molecule has 2 unspecified atom stereocenters. The molecule has 56 heavy (non-hydrogen) atoms. The van der Waals surface area contributed by atoms with Crippen LogP contribution in [-0.2, 0) is 32.7 Å². The minimum Gasteiger partial charge on any atom is -0.462 e. The zero-order valence-electron chi connectivity index (χ0n) is 34.4. The van der Waals surface area contributed by atoms with E-state index in [1.165, 1.54) is 19.3 Å². The summed E-state index contributed by atoms with van der Waals surface area (Å²) in [5.41, 5.74) is 5.33. The highest BCUT2D eigenvalue weighted by Gasteiger charge is 2.25. The summed E-state index contributed by atoms with van der Waals surface area (Å²) in [5, 5.41) is 9.99. The summed E-state index contributed by atoms with van der Waals surface area (Å²) in [5.74, 6) is -0.984. The van der Waals surface area contributed by atoms with E-state index in [1.54, 1.807) is 6.08 Å². The van der Waals surface area contributed by atoms with Gasteiger partial charge in [-0.3, -0.25) is 18.6 Å². The Morgan fingerprint density at radius 1 is 0.643 bits per heavy atom. The number of carbonyl (C=O) groups is 2. The van der Waals surface area contributed by atoms with Gasteiger partial charge in [0.1, 0.15) is 6.61 Å². The van der Waals surface area contributed by atoms with E-state index >= 15 is 0 Å². The smallest absolute Gasteiger partial charge is 0.462 e. The number of unbranched alkanes of at least 4 members (excludes halogenated alkanes) is 8. The van der Waals surface area contributed by atoms with E-state index in [0.717, 1.165) is 64.2 Å². The lowest BCUT2D eigenvalue weighted by Gasteiger charge is -2.19. The van der Waals surface area contributed by atoms with Crippen molar-refractivity contribution in [1.29, 1.82) is 0 Å². The standard InChI is InChI=1S/C45H74NO9P/c1-3-5-7-9-11-12-13-14-15-16-17-22-25-29-33-37-45(49)55-43(41-54-56(50,51)53-39-38-46)40-52-44(48)36-32-28-24-21-19-18-20-23-27-31-35-42(47)34-30-26-10-8-6-4-2/h6,8,11-12,14-15,18-19,23-24,26-28,30-31,35,42-43,47H,3-5,7,9-10,13,16-17,20-22,25,29,32-34,36-41,46H2,1-2H3,(H,50,51)/b8-6-,12-11-,15-14-,19-18-,27-23-,28-24-,30-26-,35-31+/t42?,43-/m1/s1. The summed E-state index contributed by atoms with van der Waals surface area (Å²) in [6, 6.07) is 0. The summed E-state index contributed by atoms with van der Waals surface area (Å²) in [6.45, 7) is 3.37. The number of carbonyl (C=O) groups excluding carboxylic acids is 2. The molecule has 10 nitrogen and oxygen atoms in total. The van der Waals surface area contributed by atoms with Gasteiger partial charge in [0, 0.05) is 19.4 Å². The minimum atomic E-state index is -4.41. The van der Waals surface area contributed by atoms with Crippen molar-refractivity contribution in [2.75, 3.05) is 26.4 Å². The average molecular weight is 804 g/mol. The molecular weight excluding hydrogens is 729 g/mol. The normalized spacial score (nSPS) is 14.9. The van der Waals surface area contributed by atoms with Crippen LogP contribution in [0.3, 0.4) is 0 Å². The molecule has 4 N–H and O–H groups in total. The van der Waals surface area contributed by atoms with E-state index in [-0.39, 0.29) is 32.6 Å². The summed E-state index contributed by atoms with van der Waals surface area (Å²) in [7, 11) is -4.41. The summed E-state index contributed by atoms with van der Waals surface area (Å²) < 4.78 is 32.6. The van der Waals surface area contributed by atoms with Gasteiger partial charge < -0.3 is 25.2 Å². The van der Waals surface area contributed by atoms with E-state index in [9.17, 15) is 24.2 Å². The van der Waals surface area contributed by atoms with Gasteiger partial charge in [0.05, 0.1) is 19.3 Å². The lowest BCUT2D eigenvalue weighted by Crippen LogP contribution is -2.29. The highest BCUT2D eigenvalue weighted by Crippen LogP contribution is 2.43. The van der Waals surface area contributed by atoms with Gasteiger partial charge in [-0.25, -0.2) is 4.57 Å². The van der Waals surface area contributed by atoms with Crippen LogP contribution in [0.5, 0.6) is 0 Å². The highest BCUT2D eigenvalue weighted by atomic mass is 31.2. The monoisotopic (exact) mass is 804 g/mol. The Labute approximate surface area is 339 Å². The number of phosphoric acid groups is 1. The van der Waals surface area contributed by atoms with Gasteiger partial charge in [-0.2, -0.15) is 0 Å². The molecule has 0 fully saturated rings. The molecule has 0 saturated carbocycles. The molecule has 0 aromatic rings. The van der Waals surface area contributed by atoms with Gasteiger partial charge in [0.25, 0.3) is 0 Å². The maximum atomic E-state index is 12.6. The Morgan fingerprint density at radius 2 is 1.23 bits per heavy atom. The molecule has 0 radical (unpaired) electrons. The van der Waals surface area contributed by atoms with Crippen LogP contribution in [0.4, 0.5) is 0 Å². The number of aliphatic hydroxyl groups excluding tert-OH is 1. The topological polar surface area (TPSA) is 155 Å². The second-order valence-corrected chi connectivity index (χ2v) is 14.8. The van der Waals surface area contributed by atoms with Gasteiger partial charge in [-0.05, 0) is 77.0 Å². The molecule has 318 valence electrons. The fraction of sp³-hybridized carbons (Fsp3) is 0.600. The molecule has 3 atom stereocenters.